The van der Waals surface area contributed by atoms with Gasteiger partial charge in [0.15, 0.2) is 0 Å². The summed E-state index contributed by atoms with van der Waals surface area (Å²) in [5.41, 5.74) is 5.03. The SMILES string of the molecule is COc1c(C(F)(F)F)cc(Cl)cc1C1(N)CCCCC1. The maximum Gasteiger partial charge on any atom is 0.420 e. The second kappa shape index (κ2) is 5.45. The van der Waals surface area contributed by atoms with E-state index in [4.69, 9.17) is 22.1 Å². The Labute approximate surface area is 121 Å². The Hall–Kier alpha value is -0.940. The van der Waals surface area contributed by atoms with Crippen LogP contribution in [-0.2, 0) is 11.7 Å². The molecule has 0 unspecified atom stereocenters. The van der Waals surface area contributed by atoms with Crippen molar-refractivity contribution in [3.8, 4) is 5.75 Å². The van der Waals surface area contributed by atoms with Gasteiger partial charge in [0, 0.05) is 16.1 Å². The molecule has 2 N–H and O–H groups in total. The van der Waals surface area contributed by atoms with E-state index in [0.717, 1.165) is 25.3 Å². The molecule has 0 spiro atoms. The van der Waals surface area contributed by atoms with Crippen molar-refractivity contribution in [2.75, 3.05) is 7.11 Å². The molecule has 2 rings (SSSR count). The van der Waals surface area contributed by atoms with Crippen LogP contribution in [0.15, 0.2) is 12.1 Å². The summed E-state index contributed by atoms with van der Waals surface area (Å²) < 4.78 is 44.3. The van der Waals surface area contributed by atoms with Crippen LogP contribution in [0.2, 0.25) is 5.02 Å². The number of rotatable bonds is 2. The van der Waals surface area contributed by atoms with Crippen LogP contribution in [-0.4, -0.2) is 7.11 Å². The molecule has 0 saturated heterocycles. The summed E-state index contributed by atoms with van der Waals surface area (Å²) in [6, 6.07) is 2.39. The third-order valence-electron chi connectivity index (χ3n) is 3.85. The lowest BCUT2D eigenvalue weighted by atomic mass is 9.76. The minimum absolute atomic E-state index is 0.0310. The van der Waals surface area contributed by atoms with E-state index >= 15 is 0 Å². The van der Waals surface area contributed by atoms with E-state index < -0.39 is 17.3 Å². The molecule has 20 heavy (non-hydrogen) atoms. The maximum absolute atomic E-state index is 13.1. The third-order valence-corrected chi connectivity index (χ3v) is 4.06. The first-order valence-electron chi connectivity index (χ1n) is 6.52. The fourth-order valence-electron chi connectivity index (χ4n) is 2.85. The van der Waals surface area contributed by atoms with E-state index in [2.05, 4.69) is 0 Å². The predicted octanol–water partition coefficient (Wildman–Crippen LogP) is 4.49. The summed E-state index contributed by atoms with van der Waals surface area (Å²) in [6.07, 6.45) is -0.396. The lowest BCUT2D eigenvalue weighted by Gasteiger charge is -2.35. The van der Waals surface area contributed by atoms with Crippen molar-refractivity contribution >= 4 is 11.6 Å². The van der Waals surface area contributed by atoms with Gasteiger partial charge in [-0.25, -0.2) is 0 Å². The molecule has 0 bridgehead atoms. The summed E-state index contributed by atoms with van der Waals surface area (Å²) in [6.45, 7) is 0. The molecule has 0 radical (unpaired) electrons. The molecule has 112 valence electrons. The average Bonchev–Trinajstić information content (AvgIpc) is 2.37. The third kappa shape index (κ3) is 2.88. The van der Waals surface area contributed by atoms with E-state index in [1.807, 2.05) is 0 Å². The number of alkyl halides is 3. The zero-order valence-corrected chi connectivity index (χ0v) is 11.9. The molecule has 1 aliphatic rings. The maximum atomic E-state index is 13.1. The summed E-state index contributed by atoms with van der Waals surface area (Å²) >= 11 is 5.86. The lowest BCUT2D eigenvalue weighted by Crippen LogP contribution is -2.39. The number of hydrogen-bond acceptors (Lipinski definition) is 2. The zero-order valence-electron chi connectivity index (χ0n) is 11.2. The molecule has 2 nitrogen and oxygen atoms in total. The molecule has 1 saturated carbocycles. The van der Waals surface area contributed by atoms with Crippen LogP contribution in [0.25, 0.3) is 0 Å². The van der Waals surface area contributed by atoms with Crippen LogP contribution < -0.4 is 10.5 Å². The van der Waals surface area contributed by atoms with Crippen LogP contribution in [0, 0.1) is 0 Å². The second-order valence-electron chi connectivity index (χ2n) is 5.25. The highest BCUT2D eigenvalue weighted by Crippen LogP contribution is 2.46. The molecular formula is C14H17ClF3NO. The Balaban J connectivity index is 2.60. The number of hydrogen-bond donors (Lipinski definition) is 1. The molecule has 0 atom stereocenters. The Morgan fingerprint density at radius 2 is 1.80 bits per heavy atom. The number of methoxy groups -OCH3 is 1. The molecule has 0 amide bonds. The number of ether oxygens (including phenoxy) is 1. The van der Waals surface area contributed by atoms with Gasteiger partial charge in [0.1, 0.15) is 5.75 Å². The van der Waals surface area contributed by atoms with Crippen LogP contribution in [0.4, 0.5) is 13.2 Å². The molecule has 0 aromatic heterocycles. The summed E-state index contributed by atoms with van der Waals surface area (Å²) in [4.78, 5) is 0. The highest BCUT2D eigenvalue weighted by Gasteiger charge is 2.40. The Kier molecular flexibility index (Phi) is 4.21. The first-order chi connectivity index (χ1) is 9.28. The van der Waals surface area contributed by atoms with Gasteiger partial charge in [0.05, 0.1) is 12.7 Å². The molecule has 6 heteroatoms. The highest BCUT2D eigenvalue weighted by atomic mass is 35.5. The van der Waals surface area contributed by atoms with Gasteiger partial charge in [-0.3, -0.25) is 0 Å². The van der Waals surface area contributed by atoms with Crippen LogP contribution in [0.1, 0.15) is 43.2 Å². The Morgan fingerprint density at radius 3 is 2.30 bits per heavy atom. The first kappa shape index (κ1) is 15.4. The second-order valence-corrected chi connectivity index (χ2v) is 5.69. The van der Waals surface area contributed by atoms with Crippen LogP contribution >= 0.6 is 11.6 Å². The van der Waals surface area contributed by atoms with Gasteiger partial charge in [0.2, 0.25) is 0 Å². The molecular weight excluding hydrogens is 291 g/mol. The standard InChI is InChI=1S/C14H17ClF3NO/c1-20-12-10(13(19)5-3-2-4-6-13)7-9(15)8-11(12)14(16,17)18/h7-8H,2-6,19H2,1H3. The fraction of sp³-hybridized carbons (Fsp3) is 0.571. The quantitative estimate of drug-likeness (QED) is 0.874. The van der Waals surface area contributed by atoms with Gasteiger partial charge < -0.3 is 10.5 Å². The van der Waals surface area contributed by atoms with E-state index in [0.29, 0.717) is 18.4 Å². The fourth-order valence-corrected chi connectivity index (χ4v) is 3.06. The number of benzene rings is 1. The Morgan fingerprint density at radius 1 is 1.20 bits per heavy atom. The van der Waals surface area contributed by atoms with Crippen molar-refractivity contribution in [2.24, 2.45) is 5.73 Å². The monoisotopic (exact) mass is 307 g/mol. The molecule has 1 aromatic rings. The van der Waals surface area contributed by atoms with Crippen molar-refractivity contribution in [1.82, 2.24) is 0 Å². The minimum atomic E-state index is -4.52. The average molecular weight is 308 g/mol. The number of halogens is 4. The normalized spacial score (nSPS) is 18.9. The van der Waals surface area contributed by atoms with Crippen molar-refractivity contribution in [3.05, 3.63) is 28.3 Å². The molecule has 1 fully saturated rings. The van der Waals surface area contributed by atoms with Crippen molar-refractivity contribution in [1.29, 1.82) is 0 Å². The summed E-state index contributed by atoms with van der Waals surface area (Å²) in [7, 11) is 1.23. The van der Waals surface area contributed by atoms with E-state index in [-0.39, 0.29) is 10.8 Å². The van der Waals surface area contributed by atoms with Gasteiger partial charge >= 0.3 is 6.18 Å². The largest absolute Gasteiger partial charge is 0.496 e. The van der Waals surface area contributed by atoms with Gasteiger partial charge in [-0.05, 0) is 25.0 Å². The van der Waals surface area contributed by atoms with E-state index in [1.54, 1.807) is 0 Å². The molecule has 0 aliphatic heterocycles. The summed E-state index contributed by atoms with van der Waals surface area (Å²) in [5, 5.41) is 0.0310. The van der Waals surface area contributed by atoms with Crippen molar-refractivity contribution in [2.45, 2.75) is 43.8 Å². The molecule has 1 aliphatic carbocycles. The first-order valence-corrected chi connectivity index (χ1v) is 6.90. The minimum Gasteiger partial charge on any atom is -0.496 e. The van der Waals surface area contributed by atoms with Crippen molar-refractivity contribution in [3.63, 3.8) is 0 Å². The van der Waals surface area contributed by atoms with Crippen molar-refractivity contribution < 1.29 is 17.9 Å². The van der Waals surface area contributed by atoms with Gasteiger partial charge in [-0.15, -0.1) is 0 Å². The van der Waals surface area contributed by atoms with E-state index in [9.17, 15) is 13.2 Å². The lowest BCUT2D eigenvalue weighted by molar-refractivity contribution is -0.138. The topological polar surface area (TPSA) is 35.2 Å². The van der Waals surface area contributed by atoms with E-state index in [1.165, 1.54) is 13.2 Å². The van der Waals surface area contributed by atoms with Crippen LogP contribution in [0.3, 0.4) is 0 Å². The van der Waals surface area contributed by atoms with Crippen LogP contribution in [0.5, 0.6) is 5.75 Å². The highest BCUT2D eigenvalue weighted by molar-refractivity contribution is 6.30. The predicted molar refractivity (Wildman–Crippen MR) is 72.0 cm³/mol. The van der Waals surface area contributed by atoms with Gasteiger partial charge in [-0.2, -0.15) is 13.2 Å². The summed E-state index contributed by atoms with van der Waals surface area (Å²) in [5.74, 6) is -0.202. The van der Waals surface area contributed by atoms with Gasteiger partial charge in [0.25, 0.3) is 0 Å². The molecule has 1 aromatic carbocycles. The number of nitrogens with two attached hydrogens (primary N) is 1. The zero-order chi connectivity index (χ0) is 15.0. The smallest absolute Gasteiger partial charge is 0.420 e. The van der Waals surface area contributed by atoms with Gasteiger partial charge in [-0.1, -0.05) is 30.9 Å². The molecule has 0 heterocycles. The Bertz CT molecular complexity index is 496.